The van der Waals surface area contributed by atoms with E-state index in [9.17, 15) is 0 Å². The van der Waals surface area contributed by atoms with Crippen LogP contribution in [0, 0.1) is 6.92 Å². The topological polar surface area (TPSA) is 12.0 Å². The van der Waals surface area contributed by atoms with E-state index in [0.717, 1.165) is 10.9 Å². The highest BCUT2D eigenvalue weighted by atomic mass is 79.9. The van der Waals surface area contributed by atoms with Crippen molar-refractivity contribution in [3.63, 3.8) is 0 Å². The van der Waals surface area contributed by atoms with Gasteiger partial charge in [-0.2, -0.15) is 0 Å². The highest BCUT2D eigenvalue weighted by Crippen LogP contribution is 2.29. The Morgan fingerprint density at radius 3 is 2.40 bits per heavy atom. The van der Waals surface area contributed by atoms with Gasteiger partial charge in [-0.3, -0.25) is 0 Å². The molecule has 0 fully saturated rings. The molecule has 1 N–H and O–H groups in total. The summed E-state index contributed by atoms with van der Waals surface area (Å²) < 4.78 is 1.15. The van der Waals surface area contributed by atoms with Crippen LogP contribution in [0.2, 0.25) is 0 Å². The van der Waals surface area contributed by atoms with Gasteiger partial charge < -0.3 is 5.32 Å². The zero-order valence-electron chi connectivity index (χ0n) is 12.4. The molecule has 0 saturated carbocycles. The van der Waals surface area contributed by atoms with Crippen LogP contribution in [0.5, 0.6) is 0 Å². The quantitative estimate of drug-likeness (QED) is 0.811. The van der Waals surface area contributed by atoms with Gasteiger partial charge in [0, 0.05) is 4.47 Å². The summed E-state index contributed by atoms with van der Waals surface area (Å²) in [6.45, 7) is 4.35. The van der Waals surface area contributed by atoms with Gasteiger partial charge in [0.15, 0.2) is 0 Å². The van der Waals surface area contributed by atoms with Gasteiger partial charge in [0.05, 0.1) is 6.04 Å². The molecule has 2 aromatic carbocycles. The second-order valence-electron chi connectivity index (χ2n) is 5.24. The van der Waals surface area contributed by atoms with Gasteiger partial charge in [-0.1, -0.05) is 71.2 Å². The summed E-state index contributed by atoms with van der Waals surface area (Å²) in [5.74, 6) is 0. The van der Waals surface area contributed by atoms with Crippen molar-refractivity contribution in [2.24, 2.45) is 0 Å². The van der Waals surface area contributed by atoms with E-state index in [0.29, 0.717) is 0 Å². The maximum Gasteiger partial charge on any atom is 0.0585 e. The lowest BCUT2D eigenvalue weighted by molar-refractivity contribution is 0.688. The number of rotatable bonds is 5. The molecular weight excluding hydrogens is 310 g/mol. The third-order valence-electron chi connectivity index (χ3n) is 3.60. The van der Waals surface area contributed by atoms with Crippen LogP contribution < -0.4 is 5.32 Å². The third-order valence-corrected chi connectivity index (χ3v) is 4.33. The summed E-state index contributed by atoms with van der Waals surface area (Å²) >= 11 is 3.67. The molecule has 0 heterocycles. The Kier molecular flexibility index (Phi) is 5.38. The fraction of sp³-hybridized carbons (Fsp3) is 0.333. The predicted molar refractivity (Wildman–Crippen MR) is 90.2 cm³/mol. The van der Waals surface area contributed by atoms with Crippen molar-refractivity contribution in [3.05, 3.63) is 69.2 Å². The SMILES string of the molecule is CCCc1ccc(C(NC)c2cc(C)ccc2Br)cc1. The van der Waals surface area contributed by atoms with Crippen molar-refractivity contribution in [3.8, 4) is 0 Å². The Balaban J connectivity index is 2.34. The Labute approximate surface area is 130 Å². The van der Waals surface area contributed by atoms with Crippen LogP contribution in [0.15, 0.2) is 46.9 Å². The number of halogens is 1. The summed E-state index contributed by atoms with van der Waals surface area (Å²) in [5, 5.41) is 3.42. The smallest absolute Gasteiger partial charge is 0.0585 e. The van der Waals surface area contributed by atoms with Crippen LogP contribution in [-0.2, 0) is 6.42 Å². The lowest BCUT2D eigenvalue weighted by Crippen LogP contribution is -2.18. The van der Waals surface area contributed by atoms with Crippen molar-refractivity contribution in [2.45, 2.75) is 32.7 Å². The van der Waals surface area contributed by atoms with Gasteiger partial charge in [-0.15, -0.1) is 0 Å². The number of aryl methyl sites for hydroxylation is 2. The Morgan fingerprint density at radius 1 is 1.10 bits per heavy atom. The van der Waals surface area contributed by atoms with Crippen molar-refractivity contribution >= 4 is 15.9 Å². The van der Waals surface area contributed by atoms with Crippen LogP contribution in [0.25, 0.3) is 0 Å². The molecule has 1 nitrogen and oxygen atoms in total. The molecule has 0 aliphatic carbocycles. The van der Waals surface area contributed by atoms with Crippen LogP contribution in [0.3, 0.4) is 0 Å². The minimum Gasteiger partial charge on any atom is -0.309 e. The van der Waals surface area contributed by atoms with E-state index in [2.05, 4.69) is 77.6 Å². The van der Waals surface area contributed by atoms with E-state index in [-0.39, 0.29) is 6.04 Å². The van der Waals surface area contributed by atoms with E-state index in [1.165, 1.54) is 28.7 Å². The van der Waals surface area contributed by atoms with E-state index in [1.807, 2.05) is 7.05 Å². The highest BCUT2D eigenvalue weighted by Gasteiger charge is 2.15. The summed E-state index contributed by atoms with van der Waals surface area (Å²) in [5.41, 5.74) is 5.29. The molecule has 106 valence electrons. The molecule has 2 rings (SSSR count). The predicted octanol–water partition coefficient (Wildman–Crippen LogP) is 5.02. The van der Waals surface area contributed by atoms with Crippen molar-refractivity contribution < 1.29 is 0 Å². The number of hydrogen-bond acceptors (Lipinski definition) is 1. The first-order valence-corrected chi connectivity index (χ1v) is 7.97. The molecule has 0 aromatic heterocycles. The first kappa shape index (κ1) is 15.3. The summed E-state index contributed by atoms with van der Waals surface area (Å²) in [4.78, 5) is 0. The second-order valence-corrected chi connectivity index (χ2v) is 6.09. The van der Waals surface area contributed by atoms with Crippen LogP contribution in [-0.4, -0.2) is 7.05 Å². The monoisotopic (exact) mass is 331 g/mol. The molecule has 2 aromatic rings. The molecule has 1 unspecified atom stereocenters. The van der Waals surface area contributed by atoms with E-state index >= 15 is 0 Å². The maximum atomic E-state index is 3.67. The van der Waals surface area contributed by atoms with Gasteiger partial charge in [0.25, 0.3) is 0 Å². The van der Waals surface area contributed by atoms with Gasteiger partial charge in [0.1, 0.15) is 0 Å². The van der Waals surface area contributed by atoms with E-state index < -0.39 is 0 Å². The summed E-state index contributed by atoms with van der Waals surface area (Å²) in [7, 11) is 2.01. The molecular formula is C18H22BrN. The molecule has 0 spiro atoms. The standard InChI is InChI=1S/C18H22BrN/c1-4-5-14-7-9-15(10-8-14)18(20-3)16-12-13(2)6-11-17(16)19/h6-12,18,20H,4-5H2,1-3H3. The average molecular weight is 332 g/mol. The first-order valence-electron chi connectivity index (χ1n) is 7.18. The van der Waals surface area contributed by atoms with Crippen LogP contribution in [0.1, 0.15) is 41.6 Å². The van der Waals surface area contributed by atoms with Crippen molar-refractivity contribution in [2.75, 3.05) is 7.05 Å². The maximum absolute atomic E-state index is 3.67. The largest absolute Gasteiger partial charge is 0.309 e. The number of hydrogen-bond donors (Lipinski definition) is 1. The summed E-state index contributed by atoms with van der Waals surface area (Å²) in [6.07, 6.45) is 2.34. The minimum absolute atomic E-state index is 0.222. The lowest BCUT2D eigenvalue weighted by atomic mass is 9.96. The fourth-order valence-electron chi connectivity index (χ4n) is 2.55. The molecule has 20 heavy (non-hydrogen) atoms. The highest BCUT2D eigenvalue weighted by molar-refractivity contribution is 9.10. The number of benzene rings is 2. The third kappa shape index (κ3) is 3.50. The molecule has 2 heteroatoms. The average Bonchev–Trinajstić information content (AvgIpc) is 2.45. The van der Waals surface area contributed by atoms with Gasteiger partial charge in [-0.25, -0.2) is 0 Å². The normalized spacial score (nSPS) is 12.4. The van der Waals surface area contributed by atoms with Crippen molar-refractivity contribution in [1.82, 2.24) is 5.32 Å². The molecule has 0 radical (unpaired) electrons. The van der Waals surface area contributed by atoms with Crippen LogP contribution >= 0.6 is 15.9 Å². The van der Waals surface area contributed by atoms with E-state index in [4.69, 9.17) is 0 Å². The molecule has 1 atom stereocenters. The van der Waals surface area contributed by atoms with E-state index in [1.54, 1.807) is 0 Å². The van der Waals surface area contributed by atoms with Gasteiger partial charge in [0.2, 0.25) is 0 Å². The molecule has 0 aliphatic heterocycles. The zero-order chi connectivity index (χ0) is 14.5. The molecule has 0 saturated heterocycles. The minimum atomic E-state index is 0.222. The second kappa shape index (κ2) is 7.05. The van der Waals surface area contributed by atoms with Crippen molar-refractivity contribution in [1.29, 1.82) is 0 Å². The molecule has 0 aliphatic rings. The Bertz CT molecular complexity index is 560. The first-order chi connectivity index (χ1) is 9.65. The fourth-order valence-corrected chi connectivity index (χ4v) is 3.03. The van der Waals surface area contributed by atoms with Gasteiger partial charge >= 0.3 is 0 Å². The molecule has 0 amide bonds. The zero-order valence-corrected chi connectivity index (χ0v) is 14.0. The number of nitrogens with one attached hydrogen (secondary N) is 1. The summed E-state index contributed by atoms with van der Waals surface area (Å²) in [6, 6.07) is 15.7. The van der Waals surface area contributed by atoms with Gasteiger partial charge in [-0.05, 0) is 43.1 Å². The molecule has 0 bridgehead atoms. The Morgan fingerprint density at radius 2 is 1.80 bits per heavy atom. The van der Waals surface area contributed by atoms with Crippen LogP contribution in [0.4, 0.5) is 0 Å². The Hall–Kier alpha value is -1.12. The lowest BCUT2D eigenvalue weighted by Gasteiger charge is -2.19.